The lowest BCUT2D eigenvalue weighted by Crippen LogP contribution is -2.29. The summed E-state index contributed by atoms with van der Waals surface area (Å²) in [6, 6.07) is 0. The van der Waals surface area contributed by atoms with Crippen LogP contribution in [-0.2, 0) is 0 Å². The van der Waals surface area contributed by atoms with Crippen LogP contribution in [0, 0.1) is 0 Å². The van der Waals surface area contributed by atoms with Crippen LogP contribution < -0.4 is 5.90 Å². The summed E-state index contributed by atoms with van der Waals surface area (Å²) in [4.78, 5) is 1.92. The number of hydrogen-bond donors (Lipinski definition) is 4. The number of nitrogens with zero attached hydrogens (tertiary/aromatic N) is 1. The van der Waals surface area contributed by atoms with Crippen molar-refractivity contribution in [2.24, 2.45) is 5.90 Å². The largest absolute Gasteiger partial charge is 0.395 e. The molecule has 74 valence electrons. The van der Waals surface area contributed by atoms with Gasteiger partial charge in [-0.2, -0.15) is 0 Å². The summed E-state index contributed by atoms with van der Waals surface area (Å²) in [7, 11) is 0. The summed E-state index contributed by atoms with van der Waals surface area (Å²) in [6.07, 6.45) is 1.76. The Morgan fingerprint density at radius 3 is 1.83 bits per heavy atom. The summed E-state index contributed by atoms with van der Waals surface area (Å²) >= 11 is 0. The first-order valence-electron chi connectivity index (χ1n) is 3.66. The molecule has 5 N–H and O–H groups in total. The van der Waals surface area contributed by atoms with Crippen molar-refractivity contribution in [1.29, 1.82) is 0 Å². The van der Waals surface area contributed by atoms with Gasteiger partial charge >= 0.3 is 0 Å². The Hall–Kier alpha value is -0.460. The molecule has 0 rings (SSSR count). The van der Waals surface area contributed by atoms with Crippen LogP contribution in [-0.4, -0.2) is 53.2 Å². The van der Waals surface area contributed by atoms with Crippen LogP contribution in [0.3, 0.4) is 0 Å². The van der Waals surface area contributed by atoms with Gasteiger partial charge in [0, 0.05) is 19.6 Å². The highest BCUT2D eigenvalue weighted by molar-refractivity contribution is 4.72. The average Bonchev–Trinajstić information content (AvgIpc) is 2.10. The second-order valence-electron chi connectivity index (χ2n) is 2.04. The van der Waals surface area contributed by atoms with Gasteiger partial charge in [0.25, 0.3) is 0 Å². The van der Waals surface area contributed by atoms with Gasteiger partial charge in [-0.3, -0.25) is 4.90 Å². The lowest BCUT2D eigenvalue weighted by atomic mass is 10.4. The first-order chi connectivity index (χ1) is 5.85. The quantitative estimate of drug-likeness (QED) is 0.303. The Balaban J connectivity index is 0. The van der Waals surface area contributed by atoms with Gasteiger partial charge in [0.05, 0.1) is 13.2 Å². The molecule has 0 heterocycles. The molecule has 0 saturated heterocycles. The third kappa shape index (κ3) is 9.54. The SMILES string of the molecule is C=CCN(CCO)CCO.NO. The molecule has 5 nitrogen and oxygen atoms in total. The zero-order valence-electron chi connectivity index (χ0n) is 7.19. The summed E-state index contributed by atoms with van der Waals surface area (Å²) < 4.78 is 0. The van der Waals surface area contributed by atoms with Gasteiger partial charge in [0.2, 0.25) is 0 Å². The molecule has 0 atom stereocenters. The zero-order valence-corrected chi connectivity index (χ0v) is 7.19. The maximum atomic E-state index is 8.53. The van der Waals surface area contributed by atoms with Crippen LogP contribution in [0.5, 0.6) is 0 Å². The van der Waals surface area contributed by atoms with Gasteiger partial charge in [0.15, 0.2) is 0 Å². The normalized spacial score (nSPS) is 9.08. The maximum absolute atomic E-state index is 8.53. The van der Waals surface area contributed by atoms with Crippen molar-refractivity contribution in [3.63, 3.8) is 0 Å². The Bertz CT molecular complexity index is 84.7. The minimum atomic E-state index is 0.133. The number of aliphatic hydroxyl groups is 2. The summed E-state index contributed by atoms with van der Waals surface area (Å²) in [6.45, 7) is 5.76. The molecule has 0 fully saturated rings. The molecule has 5 heteroatoms. The van der Waals surface area contributed by atoms with Crippen LogP contribution in [0.4, 0.5) is 0 Å². The Morgan fingerprint density at radius 1 is 1.17 bits per heavy atom. The van der Waals surface area contributed by atoms with Crippen molar-refractivity contribution in [2.75, 3.05) is 32.8 Å². The van der Waals surface area contributed by atoms with Crippen molar-refractivity contribution >= 4 is 0 Å². The molecule has 0 amide bonds. The van der Waals surface area contributed by atoms with E-state index >= 15 is 0 Å². The van der Waals surface area contributed by atoms with Gasteiger partial charge < -0.3 is 15.4 Å². The first-order valence-corrected chi connectivity index (χ1v) is 3.66. The molecule has 0 aromatic carbocycles. The summed E-state index contributed by atoms with van der Waals surface area (Å²) in [5, 5.41) is 23.6. The Labute approximate surface area is 72.7 Å². The van der Waals surface area contributed by atoms with Crippen molar-refractivity contribution in [2.45, 2.75) is 0 Å². The van der Waals surface area contributed by atoms with Crippen LogP contribution in [0.15, 0.2) is 12.7 Å². The van der Waals surface area contributed by atoms with E-state index in [1.807, 2.05) is 4.90 Å². The molecule has 12 heavy (non-hydrogen) atoms. The molecule has 0 aliphatic heterocycles. The lowest BCUT2D eigenvalue weighted by molar-refractivity contribution is 0.172. The van der Waals surface area contributed by atoms with Crippen molar-refractivity contribution in [3.8, 4) is 0 Å². The fourth-order valence-corrected chi connectivity index (χ4v) is 0.760. The van der Waals surface area contributed by atoms with E-state index in [0.29, 0.717) is 13.1 Å². The number of hydrogen-bond acceptors (Lipinski definition) is 5. The molecular formula is C7H18N2O3. The molecule has 0 bridgehead atoms. The summed E-state index contributed by atoms with van der Waals surface area (Å²) in [5.74, 6) is 3.50. The summed E-state index contributed by atoms with van der Waals surface area (Å²) in [5.41, 5.74) is 0. The highest BCUT2D eigenvalue weighted by Gasteiger charge is 1.98. The van der Waals surface area contributed by atoms with Crippen molar-refractivity contribution in [1.82, 2.24) is 4.90 Å². The molecule has 0 aliphatic carbocycles. The fourth-order valence-electron chi connectivity index (χ4n) is 0.760. The highest BCUT2D eigenvalue weighted by atomic mass is 16.4. The third-order valence-corrected chi connectivity index (χ3v) is 1.22. The van der Waals surface area contributed by atoms with E-state index < -0.39 is 0 Å². The predicted octanol–water partition coefficient (Wildman–Crippen LogP) is -1.21. The highest BCUT2D eigenvalue weighted by Crippen LogP contribution is 1.85. The van der Waals surface area contributed by atoms with Crippen LogP contribution in [0.1, 0.15) is 0 Å². The van der Waals surface area contributed by atoms with E-state index in [0.717, 1.165) is 6.54 Å². The second kappa shape index (κ2) is 13.2. The molecular weight excluding hydrogens is 160 g/mol. The smallest absolute Gasteiger partial charge is 0.0558 e. The zero-order chi connectivity index (χ0) is 9.82. The molecule has 0 spiro atoms. The maximum Gasteiger partial charge on any atom is 0.0558 e. The van der Waals surface area contributed by atoms with Gasteiger partial charge in [-0.1, -0.05) is 6.08 Å². The predicted molar refractivity (Wildman–Crippen MR) is 46.8 cm³/mol. The topological polar surface area (TPSA) is 90.0 Å². The Kier molecular flexibility index (Phi) is 15.4. The third-order valence-electron chi connectivity index (χ3n) is 1.22. The van der Waals surface area contributed by atoms with Crippen LogP contribution in [0.25, 0.3) is 0 Å². The standard InChI is InChI=1S/C7H15NO2.H3NO/c1-2-3-8(4-6-9)5-7-10;1-2/h2,9-10H,1,3-7H2;2H,1H2. The van der Waals surface area contributed by atoms with Crippen LogP contribution >= 0.6 is 0 Å². The van der Waals surface area contributed by atoms with Gasteiger partial charge in [-0.05, 0) is 0 Å². The van der Waals surface area contributed by atoms with E-state index in [2.05, 4.69) is 12.5 Å². The molecule has 0 radical (unpaired) electrons. The molecule has 0 aromatic heterocycles. The van der Waals surface area contributed by atoms with Gasteiger partial charge in [-0.25, -0.2) is 5.90 Å². The number of rotatable bonds is 6. The van der Waals surface area contributed by atoms with E-state index in [1.54, 1.807) is 6.08 Å². The fraction of sp³-hybridized carbons (Fsp3) is 0.714. The van der Waals surface area contributed by atoms with Crippen molar-refractivity contribution < 1.29 is 15.4 Å². The monoisotopic (exact) mass is 178 g/mol. The molecule has 0 saturated carbocycles. The van der Waals surface area contributed by atoms with E-state index in [1.165, 1.54) is 0 Å². The van der Waals surface area contributed by atoms with E-state index in [-0.39, 0.29) is 13.2 Å². The number of nitrogens with two attached hydrogens (primary N) is 1. The van der Waals surface area contributed by atoms with Gasteiger partial charge in [-0.15, -0.1) is 6.58 Å². The number of aliphatic hydroxyl groups excluding tert-OH is 2. The minimum absolute atomic E-state index is 0.133. The Morgan fingerprint density at radius 2 is 1.58 bits per heavy atom. The molecule has 0 unspecified atom stereocenters. The minimum Gasteiger partial charge on any atom is -0.395 e. The van der Waals surface area contributed by atoms with E-state index in [9.17, 15) is 0 Å². The van der Waals surface area contributed by atoms with Gasteiger partial charge in [0.1, 0.15) is 0 Å². The first kappa shape index (κ1) is 14.1. The van der Waals surface area contributed by atoms with Crippen molar-refractivity contribution in [3.05, 3.63) is 12.7 Å². The second-order valence-corrected chi connectivity index (χ2v) is 2.04. The molecule has 0 aromatic rings. The lowest BCUT2D eigenvalue weighted by Gasteiger charge is -2.17. The average molecular weight is 178 g/mol. The van der Waals surface area contributed by atoms with Crippen LogP contribution in [0.2, 0.25) is 0 Å². The van der Waals surface area contributed by atoms with E-state index in [4.69, 9.17) is 15.4 Å². The molecule has 0 aliphatic rings.